The van der Waals surface area contributed by atoms with E-state index < -0.39 is 0 Å². The first-order valence-corrected chi connectivity index (χ1v) is 7.45. The zero-order valence-electron chi connectivity index (χ0n) is 11.5. The van der Waals surface area contributed by atoms with Crippen LogP contribution in [0.4, 0.5) is 0 Å². The lowest BCUT2D eigenvalue weighted by molar-refractivity contribution is -0.127. The first-order valence-electron chi connectivity index (χ1n) is 7.45. The van der Waals surface area contributed by atoms with E-state index in [0.717, 1.165) is 43.7 Å². The number of rotatable bonds is 2. The molecule has 0 aliphatic carbocycles. The van der Waals surface area contributed by atoms with Crippen molar-refractivity contribution < 1.29 is 14.3 Å². The van der Waals surface area contributed by atoms with Crippen LogP contribution in [0.15, 0.2) is 18.2 Å². The summed E-state index contributed by atoms with van der Waals surface area (Å²) in [5.41, 5.74) is 1.25. The van der Waals surface area contributed by atoms with Crippen LogP contribution in [-0.2, 0) is 11.3 Å². The van der Waals surface area contributed by atoms with Crippen LogP contribution in [0.25, 0.3) is 0 Å². The van der Waals surface area contributed by atoms with Gasteiger partial charge in [0.15, 0.2) is 11.5 Å². The van der Waals surface area contributed by atoms with E-state index in [1.165, 1.54) is 12.0 Å². The Morgan fingerprint density at radius 3 is 2.65 bits per heavy atom. The molecule has 0 radical (unpaired) electrons. The monoisotopic (exact) mass is 273 g/mol. The zero-order valence-corrected chi connectivity index (χ0v) is 11.5. The van der Waals surface area contributed by atoms with Crippen molar-refractivity contribution in [3.05, 3.63) is 23.8 Å². The molecule has 0 N–H and O–H groups in total. The molecule has 1 aromatic rings. The maximum Gasteiger partial charge on any atom is 0.231 e. The fourth-order valence-corrected chi connectivity index (χ4v) is 3.77. The normalized spacial score (nSPS) is 28.7. The molecule has 0 saturated carbocycles. The van der Waals surface area contributed by atoms with Gasteiger partial charge in [-0.05, 0) is 30.5 Å². The predicted molar refractivity (Wildman–Crippen MR) is 73.8 cm³/mol. The number of nitrogens with zero attached hydrogens (tertiary/aromatic N) is 1. The third-order valence-corrected chi connectivity index (χ3v) is 4.74. The lowest BCUT2D eigenvalue weighted by atomic mass is 9.83. The molecule has 3 heterocycles. The maximum absolute atomic E-state index is 11.8. The number of hydrogen-bond donors (Lipinski definition) is 0. The average Bonchev–Trinajstić information content (AvgIpc) is 2.87. The Bertz CT molecular complexity index is 527. The quantitative estimate of drug-likeness (QED) is 0.830. The van der Waals surface area contributed by atoms with Crippen molar-refractivity contribution in [3.63, 3.8) is 0 Å². The third-order valence-electron chi connectivity index (χ3n) is 4.74. The number of fused-ring (bicyclic) bond motifs is 3. The van der Waals surface area contributed by atoms with Gasteiger partial charge in [0.25, 0.3) is 0 Å². The Morgan fingerprint density at radius 1 is 1.10 bits per heavy atom. The molecular weight excluding hydrogens is 254 g/mol. The second-order valence-electron chi connectivity index (χ2n) is 6.05. The molecular formula is C16H19NO3. The van der Waals surface area contributed by atoms with Crippen LogP contribution in [0, 0.1) is 0 Å². The lowest BCUT2D eigenvalue weighted by Crippen LogP contribution is -2.51. The summed E-state index contributed by atoms with van der Waals surface area (Å²) >= 11 is 0. The van der Waals surface area contributed by atoms with Gasteiger partial charge in [-0.3, -0.25) is 9.69 Å². The molecule has 106 valence electrons. The van der Waals surface area contributed by atoms with Crippen LogP contribution >= 0.6 is 0 Å². The molecule has 3 aliphatic rings. The molecule has 2 fully saturated rings. The minimum atomic E-state index is 0.322. The van der Waals surface area contributed by atoms with E-state index in [9.17, 15) is 4.79 Å². The van der Waals surface area contributed by atoms with Gasteiger partial charge in [0.1, 0.15) is 5.78 Å². The van der Waals surface area contributed by atoms with Gasteiger partial charge < -0.3 is 9.47 Å². The van der Waals surface area contributed by atoms with E-state index in [0.29, 0.717) is 24.7 Å². The molecule has 2 atom stereocenters. The highest BCUT2D eigenvalue weighted by Crippen LogP contribution is 2.36. The van der Waals surface area contributed by atoms with E-state index in [2.05, 4.69) is 17.0 Å². The van der Waals surface area contributed by atoms with Crippen molar-refractivity contribution >= 4 is 5.78 Å². The molecule has 0 spiro atoms. The van der Waals surface area contributed by atoms with Crippen molar-refractivity contribution in [1.82, 2.24) is 4.90 Å². The number of carbonyl (C=O) groups excluding carboxylic acids is 1. The first-order chi connectivity index (χ1) is 9.79. The number of carbonyl (C=O) groups is 1. The second kappa shape index (κ2) is 4.77. The van der Waals surface area contributed by atoms with Crippen LogP contribution in [0.5, 0.6) is 11.5 Å². The fourth-order valence-electron chi connectivity index (χ4n) is 3.77. The smallest absolute Gasteiger partial charge is 0.231 e. The van der Waals surface area contributed by atoms with Gasteiger partial charge in [-0.25, -0.2) is 0 Å². The molecule has 0 amide bonds. The molecule has 2 saturated heterocycles. The van der Waals surface area contributed by atoms with E-state index >= 15 is 0 Å². The van der Waals surface area contributed by atoms with E-state index in [1.807, 2.05) is 6.07 Å². The highest BCUT2D eigenvalue weighted by Gasteiger charge is 2.37. The van der Waals surface area contributed by atoms with Crippen molar-refractivity contribution in [3.8, 4) is 11.5 Å². The summed E-state index contributed by atoms with van der Waals surface area (Å²) in [6.45, 7) is 1.24. The largest absolute Gasteiger partial charge is 0.454 e. The maximum atomic E-state index is 11.8. The molecule has 4 nitrogen and oxygen atoms in total. The van der Waals surface area contributed by atoms with Gasteiger partial charge in [-0.1, -0.05) is 12.5 Å². The molecule has 2 unspecified atom stereocenters. The van der Waals surface area contributed by atoms with Crippen LogP contribution in [0.2, 0.25) is 0 Å². The summed E-state index contributed by atoms with van der Waals surface area (Å²) in [7, 11) is 0. The summed E-state index contributed by atoms with van der Waals surface area (Å²) < 4.78 is 10.8. The Kier molecular flexibility index (Phi) is 2.91. The minimum Gasteiger partial charge on any atom is -0.454 e. The van der Waals surface area contributed by atoms with Crippen LogP contribution in [-0.4, -0.2) is 29.6 Å². The molecule has 4 heteroatoms. The van der Waals surface area contributed by atoms with Gasteiger partial charge in [-0.2, -0.15) is 0 Å². The topological polar surface area (TPSA) is 38.8 Å². The highest BCUT2D eigenvalue weighted by molar-refractivity contribution is 5.80. The Labute approximate surface area is 118 Å². The highest BCUT2D eigenvalue weighted by atomic mass is 16.7. The summed E-state index contributed by atoms with van der Waals surface area (Å²) in [4.78, 5) is 14.3. The van der Waals surface area contributed by atoms with Crippen LogP contribution in [0.3, 0.4) is 0 Å². The SMILES string of the molecule is O=C1CC2CCCC(C1)N2Cc1ccc2c(c1)OCO2. The molecule has 0 aromatic heterocycles. The number of ketones is 1. The number of Topliss-reactive ketones (excluding diaryl/α,β-unsaturated/α-hetero) is 1. The van der Waals surface area contributed by atoms with Gasteiger partial charge >= 0.3 is 0 Å². The van der Waals surface area contributed by atoms with E-state index in [1.54, 1.807) is 0 Å². The summed E-state index contributed by atoms with van der Waals surface area (Å²) in [6.07, 6.45) is 5.06. The van der Waals surface area contributed by atoms with Crippen molar-refractivity contribution in [2.45, 2.75) is 50.7 Å². The molecule has 2 bridgehead atoms. The van der Waals surface area contributed by atoms with E-state index in [-0.39, 0.29) is 0 Å². The van der Waals surface area contributed by atoms with Crippen LogP contribution in [0.1, 0.15) is 37.7 Å². The Hall–Kier alpha value is -1.55. The molecule has 1 aromatic carbocycles. The summed E-state index contributed by atoms with van der Waals surface area (Å²) in [5.74, 6) is 2.13. The Morgan fingerprint density at radius 2 is 1.85 bits per heavy atom. The van der Waals surface area contributed by atoms with Crippen molar-refractivity contribution in [2.75, 3.05) is 6.79 Å². The predicted octanol–water partition coefficient (Wildman–Crippen LogP) is 2.50. The zero-order chi connectivity index (χ0) is 13.5. The molecule has 3 aliphatic heterocycles. The van der Waals surface area contributed by atoms with Crippen LogP contribution < -0.4 is 9.47 Å². The molecule has 20 heavy (non-hydrogen) atoms. The van der Waals surface area contributed by atoms with Gasteiger partial charge in [0.2, 0.25) is 6.79 Å². The second-order valence-corrected chi connectivity index (χ2v) is 6.05. The lowest BCUT2D eigenvalue weighted by Gasteiger charge is -2.45. The number of piperidine rings is 2. The number of hydrogen-bond acceptors (Lipinski definition) is 4. The van der Waals surface area contributed by atoms with Crippen molar-refractivity contribution in [2.24, 2.45) is 0 Å². The van der Waals surface area contributed by atoms with E-state index in [4.69, 9.17) is 9.47 Å². The van der Waals surface area contributed by atoms with Crippen molar-refractivity contribution in [1.29, 1.82) is 0 Å². The molecule has 4 rings (SSSR count). The summed E-state index contributed by atoms with van der Waals surface area (Å²) in [6, 6.07) is 7.07. The van der Waals surface area contributed by atoms with Gasteiger partial charge in [0, 0.05) is 31.5 Å². The first kappa shape index (κ1) is 12.2. The summed E-state index contributed by atoms with van der Waals surface area (Å²) in [5, 5.41) is 0. The Balaban J connectivity index is 1.55. The van der Waals surface area contributed by atoms with Gasteiger partial charge in [-0.15, -0.1) is 0 Å². The van der Waals surface area contributed by atoms with Gasteiger partial charge in [0.05, 0.1) is 0 Å². The number of benzene rings is 1. The third kappa shape index (κ3) is 2.08. The average molecular weight is 273 g/mol. The standard InChI is InChI=1S/C16H19NO3/c18-14-7-12-2-1-3-13(8-14)17(12)9-11-4-5-15-16(6-11)20-10-19-15/h4-6,12-13H,1-3,7-10H2. The minimum absolute atomic E-state index is 0.322. The number of ether oxygens (including phenoxy) is 2. The fraction of sp³-hybridized carbons (Fsp3) is 0.562.